The number of likely N-dealkylation sites (N-methyl/N-ethyl adjacent to an activating group) is 1. The predicted octanol–water partition coefficient (Wildman–Crippen LogP) is 2.75. The second-order valence-electron chi connectivity index (χ2n) is 6.71. The standard InChI is InChI=1S/C21H27ClN2O3/c1-14-6-8-17(22)13-18(14)23-21(25)15(2)24(3)11-10-16-7-9-19(26-4)20(12-16)27-5/h6-9,12-13,15H,10-11H2,1-5H3,(H,23,25)/p+1/t15-/m1/s1. The van der Waals surface area contributed by atoms with Crippen molar-refractivity contribution in [3.63, 3.8) is 0 Å². The Morgan fingerprint density at radius 3 is 2.52 bits per heavy atom. The largest absolute Gasteiger partial charge is 0.493 e. The number of benzene rings is 2. The van der Waals surface area contributed by atoms with E-state index in [1.54, 1.807) is 20.3 Å². The number of methoxy groups -OCH3 is 2. The lowest BCUT2D eigenvalue weighted by Gasteiger charge is -2.22. The van der Waals surface area contributed by atoms with E-state index < -0.39 is 0 Å². The first-order valence-corrected chi connectivity index (χ1v) is 9.33. The predicted molar refractivity (Wildman–Crippen MR) is 109 cm³/mol. The molecule has 0 aliphatic heterocycles. The maximum Gasteiger partial charge on any atom is 0.282 e. The fraction of sp³-hybridized carbons (Fsp3) is 0.381. The molecule has 0 saturated carbocycles. The van der Waals surface area contributed by atoms with Crippen LogP contribution in [0.2, 0.25) is 5.02 Å². The van der Waals surface area contributed by atoms with Crippen molar-refractivity contribution < 1.29 is 19.2 Å². The molecule has 27 heavy (non-hydrogen) atoms. The van der Waals surface area contributed by atoms with Crippen molar-refractivity contribution >= 4 is 23.2 Å². The second-order valence-corrected chi connectivity index (χ2v) is 7.14. The maximum absolute atomic E-state index is 12.6. The van der Waals surface area contributed by atoms with Crippen molar-refractivity contribution in [1.29, 1.82) is 0 Å². The average Bonchev–Trinajstić information content (AvgIpc) is 2.67. The van der Waals surface area contributed by atoms with E-state index in [0.717, 1.165) is 40.4 Å². The van der Waals surface area contributed by atoms with Gasteiger partial charge < -0.3 is 19.7 Å². The van der Waals surface area contributed by atoms with E-state index in [-0.39, 0.29) is 11.9 Å². The van der Waals surface area contributed by atoms with Gasteiger partial charge in [0.25, 0.3) is 5.91 Å². The zero-order valence-electron chi connectivity index (χ0n) is 16.6. The van der Waals surface area contributed by atoms with E-state index in [9.17, 15) is 4.79 Å². The summed E-state index contributed by atoms with van der Waals surface area (Å²) in [4.78, 5) is 13.7. The Balaban J connectivity index is 1.95. The Morgan fingerprint density at radius 2 is 1.85 bits per heavy atom. The molecule has 2 rings (SSSR count). The van der Waals surface area contributed by atoms with Gasteiger partial charge in [-0.15, -0.1) is 0 Å². The van der Waals surface area contributed by atoms with Crippen molar-refractivity contribution in [2.75, 3.05) is 33.1 Å². The van der Waals surface area contributed by atoms with Crippen LogP contribution in [-0.2, 0) is 11.2 Å². The number of carbonyl (C=O) groups is 1. The number of quaternary nitrogens is 1. The van der Waals surface area contributed by atoms with Gasteiger partial charge in [-0.25, -0.2) is 0 Å². The molecular formula is C21H28ClN2O3+. The molecular weight excluding hydrogens is 364 g/mol. The van der Waals surface area contributed by atoms with Crippen molar-refractivity contribution in [2.24, 2.45) is 0 Å². The summed E-state index contributed by atoms with van der Waals surface area (Å²) < 4.78 is 10.6. The van der Waals surface area contributed by atoms with Crippen LogP contribution in [0, 0.1) is 6.92 Å². The number of aryl methyl sites for hydroxylation is 1. The van der Waals surface area contributed by atoms with Crippen LogP contribution in [0.5, 0.6) is 11.5 Å². The zero-order valence-corrected chi connectivity index (χ0v) is 17.3. The maximum atomic E-state index is 12.6. The summed E-state index contributed by atoms with van der Waals surface area (Å²) in [6.45, 7) is 4.70. The highest BCUT2D eigenvalue weighted by Crippen LogP contribution is 2.27. The monoisotopic (exact) mass is 391 g/mol. The summed E-state index contributed by atoms with van der Waals surface area (Å²) >= 11 is 6.03. The smallest absolute Gasteiger partial charge is 0.282 e. The van der Waals surface area contributed by atoms with Crippen LogP contribution in [0.3, 0.4) is 0 Å². The molecule has 6 heteroatoms. The molecule has 0 aromatic heterocycles. The minimum atomic E-state index is -0.191. The number of hydrogen-bond donors (Lipinski definition) is 2. The van der Waals surface area contributed by atoms with E-state index in [1.807, 2.05) is 51.2 Å². The molecule has 2 atom stereocenters. The van der Waals surface area contributed by atoms with Gasteiger partial charge in [0.2, 0.25) is 0 Å². The van der Waals surface area contributed by atoms with E-state index >= 15 is 0 Å². The fourth-order valence-electron chi connectivity index (χ4n) is 2.79. The number of rotatable bonds is 8. The van der Waals surface area contributed by atoms with Crippen molar-refractivity contribution in [3.8, 4) is 11.5 Å². The second kappa shape index (κ2) is 9.62. The third-order valence-electron chi connectivity index (χ3n) is 4.85. The van der Waals surface area contributed by atoms with Crippen molar-refractivity contribution in [3.05, 3.63) is 52.5 Å². The van der Waals surface area contributed by atoms with Crippen LogP contribution in [0.25, 0.3) is 0 Å². The molecule has 0 fully saturated rings. The third kappa shape index (κ3) is 5.62. The van der Waals surface area contributed by atoms with Crippen LogP contribution in [0.4, 0.5) is 5.69 Å². The number of carbonyl (C=O) groups excluding carboxylic acids is 1. The van der Waals surface area contributed by atoms with Crippen LogP contribution >= 0.6 is 11.6 Å². The van der Waals surface area contributed by atoms with Gasteiger partial charge in [0.15, 0.2) is 17.5 Å². The molecule has 0 aliphatic rings. The van der Waals surface area contributed by atoms with Gasteiger partial charge >= 0.3 is 0 Å². The number of amides is 1. The van der Waals surface area contributed by atoms with Crippen LogP contribution in [-0.4, -0.2) is 39.8 Å². The first kappa shape index (κ1) is 21.1. The van der Waals surface area contributed by atoms with Crippen molar-refractivity contribution in [1.82, 2.24) is 0 Å². The van der Waals surface area contributed by atoms with Crippen LogP contribution in [0.1, 0.15) is 18.1 Å². The molecule has 2 aromatic rings. The summed E-state index contributed by atoms with van der Waals surface area (Å²) in [5.41, 5.74) is 2.89. The van der Waals surface area contributed by atoms with Crippen molar-refractivity contribution in [2.45, 2.75) is 26.3 Å². The summed E-state index contributed by atoms with van der Waals surface area (Å²) in [6.07, 6.45) is 0.833. The summed E-state index contributed by atoms with van der Waals surface area (Å²) in [5.74, 6) is 1.41. The average molecular weight is 392 g/mol. The van der Waals surface area contributed by atoms with Gasteiger partial charge in [-0.2, -0.15) is 0 Å². The molecule has 2 N–H and O–H groups in total. The van der Waals surface area contributed by atoms with E-state index in [0.29, 0.717) is 10.8 Å². The molecule has 0 saturated heterocycles. The Kier molecular flexibility index (Phi) is 7.51. The van der Waals surface area contributed by atoms with Gasteiger partial charge in [-0.1, -0.05) is 23.7 Å². The Hall–Kier alpha value is -2.24. The number of halogens is 1. The molecule has 1 amide bonds. The first-order valence-electron chi connectivity index (χ1n) is 8.96. The van der Waals surface area contributed by atoms with E-state index in [1.165, 1.54) is 0 Å². The molecule has 0 radical (unpaired) electrons. The molecule has 1 unspecified atom stereocenters. The summed E-state index contributed by atoms with van der Waals surface area (Å²) in [7, 11) is 5.27. The van der Waals surface area contributed by atoms with Gasteiger partial charge in [0, 0.05) is 17.1 Å². The highest BCUT2D eigenvalue weighted by Gasteiger charge is 2.22. The minimum Gasteiger partial charge on any atom is -0.493 e. The van der Waals surface area contributed by atoms with Gasteiger partial charge in [0.05, 0.1) is 27.8 Å². The highest BCUT2D eigenvalue weighted by atomic mass is 35.5. The minimum absolute atomic E-state index is 0.0230. The van der Waals surface area contributed by atoms with E-state index in [2.05, 4.69) is 5.32 Å². The lowest BCUT2D eigenvalue weighted by Crippen LogP contribution is -3.14. The molecule has 2 aromatic carbocycles. The summed E-state index contributed by atoms with van der Waals surface area (Å²) in [5, 5.41) is 3.59. The first-order chi connectivity index (χ1) is 12.8. The van der Waals surface area contributed by atoms with Gasteiger partial charge in [0.1, 0.15) is 0 Å². The topological polar surface area (TPSA) is 52.0 Å². The number of hydrogen-bond acceptors (Lipinski definition) is 3. The molecule has 146 valence electrons. The van der Waals surface area contributed by atoms with Crippen LogP contribution < -0.4 is 19.7 Å². The molecule has 5 nitrogen and oxygen atoms in total. The molecule has 0 heterocycles. The zero-order chi connectivity index (χ0) is 20.0. The Morgan fingerprint density at radius 1 is 1.15 bits per heavy atom. The van der Waals surface area contributed by atoms with E-state index in [4.69, 9.17) is 21.1 Å². The Bertz CT molecular complexity index is 795. The molecule has 0 aliphatic carbocycles. The molecule has 0 bridgehead atoms. The quantitative estimate of drug-likeness (QED) is 0.727. The van der Waals surface area contributed by atoms with Crippen LogP contribution in [0.15, 0.2) is 36.4 Å². The number of ether oxygens (including phenoxy) is 2. The highest BCUT2D eigenvalue weighted by molar-refractivity contribution is 6.31. The lowest BCUT2D eigenvalue weighted by molar-refractivity contribution is -0.893. The number of anilines is 1. The fourth-order valence-corrected chi connectivity index (χ4v) is 2.96. The normalized spacial score (nSPS) is 13.0. The molecule has 0 spiro atoms. The third-order valence-corrected chi connectivity index (χ3v) is 5.08. The Labute approximate surface area is 166 Å². The van der Waals surface area contributed by atoms with Gasteiger partial charge in [-0.05, 0) is 49.2 Å². The number of nitrogens with one attached hydrogen (secondary N) is 2. The van der Waals surface area contributed by atoms with Gasteiger partial charge in [-0.3, -0.25) is 4.79 Å². The SMILES string of the molecule is COc1ccc(CC[NH+](C)[C@H](C)C(=O)Nc2cc(Cl)ccc2C)cc1OC. The lowest BCUT2D eigenvalue weighted by atomic mass is 10.1. The summed E-state index contributed by atoms with van der Waals surface area (Å²) in [6, 6.07) is 11.2.